The van der Waals surface area contributed by atoms with Crippen LogP contribution in [0.1, 0.15) is 53.9 Å². The van der Waals surface area contributed by atoms with Gasteiger partial charge in [-0.15, -0.1) is 0 Å². The molecule has 114 valence electrons. The Morgan fingerprint density at radius 2 is 1.90 bits per heavy atom. The fourth-order valence-corrected chi connectivity index (χ4v) is 3.14. The van der Waals surface area contributed by atoms with E-state index < -0.39 is 0 Å². The second-order valence-electron chi connectivity index (χ2n) is 7.37. The first-order chi connectivity index (χ1) is 9.27. The number of piperazine rings is 1. The fourth-order valence-electron chi connectivity index (χ4n) is 3.14. The van der Waals surface area contributed by atoms with Crippen molar-refractivity contribution in [3.63, 3.8) is 0 Å². The molecule has 2 heterocycles. The van der Waals surface area contributed by atoms with Crippen LogP contribution in [0.2, 0.25) is 0 Å². The van der Waals surface area contributed by atoms with Gasteiger partial charge in [0.05, 0.1) is 0 Å². The first-order valence-corrected chi connectivity index (χ1v) is 7.88. The van der Waals surface area contributed by atoms with Crippen LogP contribution in [0.3, 0.4) is 0 Å². The molecule has 0 aromatic rings. The van der Waals surface area contributed by atoms with E-state index >= 15 is 0 Å². The second-order valence-corrected chi connectivity index (χ2v) is 7.37. The molecule has 0 aromatic carbocycles. The van der Waals surface area contributed by atoms with E-state index in [2.05, 4.69) is 27.7 Å². The SMILES string of the molecule is CCC1C(=O)N2CCCC2C(=O)N1CC(C)C(C)(C)C. The summed E-state index contributed by atoms with van der Waals surface area (Å²) < 4.78 is 0. The third-order valence-electron chi connectivity index (χ3n) is 5.10. The van der Waals surface area contributed by atoms with Crippen molar-refractivity contribution in [2.75, 3.05) is 13.1 Å². The highest BCUT2D eigenvalue weighted by molar-refractivity contribution is 5.97. The molecule has 4 nitrogen and oxygen atoms in total. The maximum atomic E-state index is 12.7. The minimum Gasteiger partial charge on any atom is -0.329 e. The van der Waals surface area contributed by atoms with Gasteiger partial charge in [0, 0.05) is 13.1 Å². The highest BCUT2D eigenvalue weighted by Crippen LogP contribution is 2.32. The molecule has 0 aromatic heterocycles. The molecule has 0 aliphatic carbocycles. The third kappa shape index (κ3) is 2.57. The highest BCUT2D eigenvalue weighted by Gasteiger charge is 2.47. The van der Waals surface area contributed by atoms with Gasteiger partial charge >= 0.3 is 0 Å². The van der Waals surface area contributed by atoms with E-state index in [1.807, 2.05) is 16.7 Å². The molecule has 0 N–H and O–H groups in total. The van der Waals surface area contributed by atoms with E-state index in [9.17, 15) is 9.59 Å². The number of carbonyl (C=O) groups excluding carboxylic acids is 2. The Morgan fingerprint density at radius 1 is 1.25 bits per heavy atom. The predicted octanol–water partition coefficient (Wildman–Crippen LogP) is 2.28. The van der Waals surface area contributed by atoms with E-state index in [1.54, 1.807) is 0 Å². The maximum absolute atomic E-state index is 12.7. The van der Waals surface area contributed by atoms with Crippen molar-refractivity contribution in [2.45, 2.75) is 66.0 Å². The molecule has 0 radical (unpaired) electrons. The van der Waals surface area contributed by atoms with Crippen LogP contribution >= 0.6 is 0 Å². The van der Waals surface area contributed by atoms with Crippen LogP contribution in [0.4, 0.5) is 0 Å². The largest absolute Gasteiger partial charge is 0.329 e. The molecule has 20 heavy (non-hydrogen) atoms. The third-order valence-corrected chi connectivity index (χ3v) is 5.10. The number of rotatable bonds is 3. The number of fused-ring (bicyclic) bond motifs is 1. The average molecular weight is 280 g/mol. The Hall–Kier alpha value is -1.06. The smallest absolute Gasteiger partial charge is 0.246 e. The van der Waals surface area contributed by atoms with Crippen LogP contribution in [0.25, 0.3) is 0 Å². The summed E-state index contributed by atoms with van der Waals surface area (Å²) in [6.45, 7) is 12.2. The summed E-state index contributed by atoms with van der Waals surface area (Å²) in [7, 11) is 0. The lowest BCUT2D eigenvalue weighted by molar-refractivity contribution is -0.160. The molecule has 2 saturated heterocycles. The molecule has 2 aliphatic heterocycles. The maximum Gasteiger partial charge on any atom is 0.246 e. The molecule has 3 unspecified atom stereocenters. The van der Waals surface area contributed by atoms with Crippen molar-refractivity contribution >= 4 is 11.8 Å². The Labute approximate surface area is 122 Å². The molecule has 4 heteroatoms. The molecule has 0 bridgehead atoms. The average Bonchev–Trinajstić information content (AvgIpc) is 2.84. The fraction of sp³-hybridized carbons (Fsp3) is 0.875. The molecule has 3 atom stereocenters. The minimum absolute atomic E-state index is 0.147. The summed E-state index contributed by atoms with van der Waals surface area (Å²) in [5.74, 6) is 0.710. The van der Waals surface area contributed by atoms with Crippen molar-refractivity contribution in [1.29, 1.82) is 0 Å². The van der Waals surface area contributed by atoms with Gasteiger partial charge in [-0.2, -0.15) is 0 Å². The summed E-state index contributed by atoms with van der Waals surface area (Å²) >= 11 is 0. The van der Waals surface area contributed by atoms with Crippen LogP contribution in [0, 0.1) is 11.3 Å². The van der Waals surface area contributed by atoms with Crippen LogP contribution in [0.5, 0.6) is 0 Å². The van der Waals surface area contributed by atoms with Crippen molar-refractivity contribution in [3.8, 4) is 0 Å². The van der Waals surface area contributed by atoms with Gasteiger partial charge in [-0.1, -0.05) is 34.6 Å². The van der Waals surface area contributed by atoms with E-state index in [0.717, 1.165) is 19.4 Å². The lowest BCUT2D eigenvalue weighted by Gasteiger charge is -2.44. The lowest BCUT2D eigenvalue weighted by Crippen LogP contribution is -2.63. The van der Waals surface area contributed by atoms with Crippen LogP contribution in [0.15, 0.2) is 0 Å². The van der Waals surface area contributed by atoms with Crippen molar-refractivity contribution in [1.82, 2.24) is 9.80 Å². The van der Waals surface area contributed by atoms with Gasteiger partial charge in [0.25, 0.3) is 0 Å². The van der Waals surface area contributed by atoms with Gasteiger partial charge in [-0.3, -0.25) is 9.59 Å². The second kappa shape index (κ2) is 5.38. The van der Waals surface area contributed by atoms with Gasteiger partial charge in [-0.25, -0.2) is 0 Å². The highest BCUT2D eigenvalue weighted by atomic mass is 16.2. The Bertz CT molecular complexity index is 400. The quantitative estimate of drug-likeness (QED) is 0.796. The molecule has 2 rings (SSSR count). The zero-order valence-electron chi connectivity index (χ0n) is 13.5. The summed E-state index contributed by atoms with van der Waals surface area (Å²) in [4.78, 5) is 29.0. The summed E-state index contributed by atoms with van der Waals surface area (Å²) in [6.07, 6.45) is 2.51. The van der Waals surface area contributed by atoms with Gasteiger partial charge in [0.15, 0.2) is 0 Å². The minimum atomic E-state index is -0.248. The zero-order valence-corrected chi connectivity index (χ0v) is 13.5. The van der Waals surface area contributed by atoms with Crippen LogP contribution in [-0.2, 0) is 9.59 Å². The number of hydrogen-bond acceptors (Lipinski definition) is 2. The zero-order chi connectivity index (χ0) is 15.1. The molecule has 2 aliphatic rings. The Morgan fingerprint density at radius 3 is 2.45 bits per heavy atom. The summed E-state index contributed by atoms with van der Waals surface area (Å²) in [5, 5.41) is 0. The number of nitrogens with zero attached hydrogens (tertiary/aromatic N) is 2. The Kier molecular flexibility index (Phi) is 4.12. The normalized spacial score (nSPS) is 28.9. The molecule has 0 spiro atoms. The van der Waals surface area contributed by atoms with Gasteiger partial charge in [0.2, 0.25) is 11.8 Å². The van der Waals surface area contributed by atoms with Gasteiger partial charge in [0.1, 0.15) is 12.1 Å². The number of carbonyl (C=O) groups is 2. The van der Waals surface area contributed by atoms with Crippen molar-refractivity contribution < 1.29 is 9.59 Å². The summed E-state index contributed by atoms with van der Waals surface area (Å²) in [5.41, 5.74) is 0.147. The first kappa shape index (κ1) is 15.3. The Balaban J connectivity index is 2.21. The summed E-state index contributed by atoms with van der Waals surface area (Å²) in [6, 6.07) is -0.431. The topological polar surface area (TPSA) is 40.6 Å². The van der Waals surface area contributed by atoms with E-state index in [0.29, 0.717) is 18.9 Å². The van der Waals surface area contributed by atoms with Crippen molar-refractivity contribution in [2.24, 2.45) is 11.3 Å². The number of amides is 2. The van der Waals surface area contributed by atoms with E-state index in [4.69, 9.17) is 0 Å². The molecular formula is C16H28N2O2. The lowest BCUT2D eigenvalue weighted by atomic mass is 9.81. The van der Waals surface area contributed by atoms with Crippen LogP contribution < -0.4 is 0 Å². The number of hydrogen-bond donors (Lipinski definition) is 0. The molecule has 0 saturated carbocycles. The molecular weight excluding hydrogens is 252 g/mol. The van der Waals surface area contributed by atoms with Crippen LogP contribution in [-0.4, -0.2) is 46.8 Å². The van der Waals surface area contributed by atoms with E-state index in [1.165, 1.54) is 0 Å². The molecule has 2 fully saturated rings. The first-order valence-electron chi connectivity index (χ1n) is 7.88. The standard InChI is InChI=1S/C16H28N2O2/c1-6-12-14(19)17-9-7-8-13(17)15(20)18(12)10-11(2)16(3,4)5/h11-13H,6-10H2,1-5H3. The monoisotopic (exact) mass is 280 g/mol. The van der Waals surface area contributed by atoms with Gasteiger partial charge in [-0.05, 0) is 30.6 Å². The van der Waals surface area contributed by atoms with Crippen molar-refractivity contribution in [3.05, 3.63) is 0 Å². The van der Waals surface area contributed by atoms with Gasteiger partial charge < -0.3 is 9.80 Å². The molecule has 2 amide bonds. The van der Waals surface area contributed by atoms with E-state index in [-0.39, 0.29) is 29.3 Å². The predicted molar refractivity (Wildman–Crippen MR) is 79.1 cm³/mol.